The van der Waals surface area contributed by atoms with Gasteiger partial charge in [-0.15, -0.1) is 0 Å². The quantitative estimate of drug-likeness (QED) is 0.836. The molecule has 4 atom stereocenters. The predicted molar refractivity (Wildman–Crippen MR) is 75.8 cm³/mol. The number of hydrogen-bond acceptors (Lipinski definition) is 3. The summed E-state index contributed by atoms with van der Waals surface area (Å²) < 4.78 is 5.58. The van der Waals surface area contributed by atoms with Crippen LogP contribution >= 0.6 is 0 Å². The highest BCUT2D eigenvalue weighted by Gasteiger charge is 2.34. The van der Waals surface area contributed by atoms with Crippen molar-refractivity contribution in [3.05, 3.63) is 0 Å². The molecule has 2 fully saturated rings. The van der Waals surface area contributed by atoms with Crippen LogP contribution in [0.2, 0.25) is 0 Å². The van der Waals surface area contributed by atoms with Gasteiger partial charge in [-0.3, -0.25) is 4.90 Å². The van der Waals surface area contributed by atoms with Crippen LogP contribution in [-0.4, -0.2) is 49.3 Å². The SMILES string of the molecule is COC1CCCC(N2CC(C(C)C)NCC2C)C1. The Morgan fingerprint density at radius 2 is 2.06 bits per heavy atom. The van der Waals surface area contributed by atoms with Crippen molar-refractivity contribution in [3.63, 3.8) is 0 Å². The van der Waals surface area contributed by atoms with Crippen LogP contribution < -0.4 is 5.32 Å². The minimum Gasteiger partial charge on any atom is -0.381 e. The van der Waals surface area contributed by atoms with Crippen LogP contribution in [0.4, 0.5) is 0 Å². The average Bonchev–Trinajstić information content (AvgIpc) is 2.39. The molecule has 106 valence electrons. The second-order valence-electron chi connectivity index (χ2n) is 6.48. The van der Waals surface area contributed by atoms with Crippen molar-refractivity contribution in [3.8, 4) is 0 Å². The summed E-state index contributed by atoms with van der Waals surface area (Å²) in [5.74, 6) is 0.724. The largest absolute Gasteiger partial charge is 0.381 e. The lowest BCUT2D eigenvalue weighted by atomic mass is 9.89. The summed E-state index contributed by atoms with van der Waals surface area (Å²) in [4.78, 5) is 2.74. The van der Waals surface area contributed by atoms with Crippen LogP contribution in [0.3, 0.4) is 0 Å². The Balaban J connectivity index is 1.96. The van der Waals surface area contributed by atoms with Crippen molar-refractivity contribution >= 4 is 0 Å². The van der Waals surface area contributed by atoms with Gasteiger partial charge in [0.05, 0.1) is 6.10 Å². The van der Waals surface area contributed by atoms with Crippen LogP contribution in [0.15, 0.2) is 0 Å². The minimum atomic E-state index is 0.489. The zero-order valence-corrected chi connectivity index (χ0v) is 12.5. The van der Waals surface area contributed by atoms with Crippen molar-refractivity contribution in [1.82, 2.24) is 10.2 Å². The van der Waals surface area contributed by atoms with Crippen molar-refractivity contribution in [2.45, 2.75) is 70.7 Å². The Hall–Kier alpha value is -0.120. The second-order valence-corrected chi connectivity index (χ2v) is 6.48. The number of methoxy groups -OCH3 is 1. The Bertz CT molecular complexity index is 257. The van der Waals surface area contributed by atoms with E-state index in [1.54, 1.807) is 0 Å². The number of nitrogens with zero attached hydrogens (tertiary/aromatic N) is 1. The molecule has 18 heavy (non-hydrogen) atoms. The summed E-state index contributed by atoms with van der Waals surface area (Å²) in [6, 6.07) is 2.06. The topological polar surface area (TPSA) is 24.5 Å². The first kappa shape index (κ1) is 14.3. The molecule has 4 unspecified atom stereocenters. The maximum absolute atomic E-state index is 5.58. The third-order valence-corrected chi connectivity index (χ3v) is 4.85. The van der Waals surface area contributed by atoms with Crippen molar-refractivity contribution in [2.24, 2.45) is 5.92 Å². The molecule has 1 saturated heterocycles. The van der Waals surface area contributed by atoms with E-state index in [0.717, 1.165) is 18.5 Å². The van der Waals surface area contributed by atoms with Gasteiger partial charge in [0.1, 0.15) is 0 Å². The summed E-state index contributed by atoms with van der Waals surface area (Å²) in [6.45, 7) is 9.35. The van der Waals surface area contributed by atoms with Gasteiger partial charge in [-0.05, 0) is 38.5 Å². The first-order valence-corrected chi connectivity index (χ1v) is 7.63. The van der Waals surface area contributed by atoms with E-state index in [1.807, 2.05) is 7.11 Å². The maximum atomic E-state index is 5.58. The Kier molecular flexibility index (Phi) is 5.05. The van der Waals surface area contributed by atoms with E-state index in [9.17, 15) is 0 Å². The fraction of sp³-hybridized carbons (Fsp3) is 1.00. The number of nitrogens with one attached hydrogen (secondary N) is 1. The van der Waals surface area contributed by atoms with E-state index >= 15 is 0 Å². The molecular weight excluding hydrogens is 224 g/mol. The summed E-state index contributed by atoms with van der Waals surface area (Å²) >= 11 is 0. The molecule has 0 aromatic heterocycles. The zero-order chi connectivity index (χ0) is 13.1. The average molecular weight is 254 g/mol. The molecule has 1 aliphatic heterocycles. The molecule has 0 spiro atoms. The summed E-state index contributed by atoms with van der Waals surface area (Å²) in [5, 5.41) is 3.69. The Morgan fingerprint density at radius 3 is 2.72 bits per heavy atom. The van der Waals surface area contributed by atoms with E-state index in [-0.39, 0.29) is 0 Å². The van der Waals surface area contributed by atoms with Gasteiger partial charge in [-0.1, -0.05) is 13.8 Å². The van der Waals surface area contributed by atoms with Crippen LogP contribution in [0.1, 0.15) is 46.5 Å². The summed E-state index contributed by atoms with van der Waals surface area (Å²) in [5.41, 5.74) is 0. The molecule has 1 saturated carbocycles. The third kappa shape index (κ3) is 3.25. The first-order valence-electron chi connectivity index (χ1n) is 7.63. The molecule has 0 aromatic carbocycles. The lowest BCUT2D eigenvalue weighted by Gasteiger charge is -2.46. The van der Waals surface area contributed by atoms with Gasteiger partial charge >= 0.3 is 0 Å². The molecular formula is C15H30N2O. The molecule has 0 radical (unpaired) electrons. The monoisotopic (exact) mass is 254 g/mol. The van der Waals surface area contributed by atoms with Crippen LogP contribution in [-0.2, 0) is 4.74 Å². The molecule has 3 nitrogen and oxygen atoms in total. The Morgan fingerprint density at radius 1 is 1.28 bits per heavy atom. The number of rotatable bonds is 3. The van der Waals surface area contributed by atoms with Crippen LogP contribution in [0, 0.1) is 5.92 Å². The van der Waals surface area contributed by atoms with E-state index in [4.69, 9.17) is 4.74 Å². The number of ether oxygens (including phenoxy) is 1. The zero-order valence-electron chi connectivity index (χ0n) is 12.5. The molecule has 0 amide bonds. The van der Waals surface area contributed by atoms with E-state index in [1.165, 1.54) is 32.2 Å². The molecule has 3 heteroatoms. The minimum absolute atomic E-state index is 0.489. The maximum Gasteiger partial charge on any atom is 0.0586 e. The number of hydrogen-bond donors (Lipinski definition) is 1. The van der Waals surface area contributed by atoms with Gasteiger partial charge in [0, 0.05) is 38.3 Å². The van der Waals surface area contributed by atoms with Gasteiger partial charge in [0.25, 0.3) is 0 Å². The van der Waals surface area contributed by atoms with Gasteiger partial charge in [0.15, 0.2) is 0 Å². The molecule has 1 N–H and O–H groups in total. The molecule has 2 aliphatic rings. The Labute approximate surface area is 112 Å². The first-order chi connectivity index (χ1) is 8.61. The van der Waals surface area contributed by atoms with Crippen molar-refractivity contribution in [2.75, 3.05) is 20.2 Å². The van der Waals surface area contributed by atoms with Crippen LogP contribution in [0.25, 0.3) is 0 Å². The fourth-order valence-corrected chi connectivity index (χ4v) is 3.50. The van der Waals surface area contributed by atoms with Gasteiger partial charge in [0.2, 0.25) is 0 Å². The van der Waals surface area contributed by atoms with Gasteiger partial charge in [-0.2, -0.15) is 0 Å². The van der Waals surface area contributed by atoms with E-state index < -0.39 is 0 Å². The molecule has 1 heterocycles. The second kappa shape index (κ2) is 6.36. The normalized spacial score (nSPS) is 39.2. The molecule has 0 bridgehead atoms. The van der Waals surface area contributed by atoms with E-state index in [2.05, 4.69) is 31.0 Å². The standard InChI is InChI=1S/C15H30N2O/c1-11(2)15-10-17(12(3)9-16-15)13-6-5-7-14(8-13)18-4/h11-16H,5-10H2,1-4H3. The van der Waals surface area contributed by atoms with Crippen LogP contribution in [0.5, 0.6) is 0 Å². The highest BCUT2D eigenvalue weighted by Crippen LogP contribution is 2.28. The molecule has 0 aromatic rings. The van der Waals surface area contributed by atoms with Gasteiger partial charge < -0.3 is 10.1 Å². The highest BCUT2D eigenvalue weighted by molar-refractivity contribution is 4.91. The smallest absolute Gasteiger partial charge is 0.0586 e. The molecule has 2 rings (SSSR count). The van der Waals surface area contributed by atoms with Gasteiger partial charge in [-0.25, -0.2) is 0 Å². The highest BCUT2D eigenvalue weighted by atomic mass is 16.5. The van der Waals surface area contributed by atoms with Crippen molar-refractivity contribution in [1.29, 1.82) is 0 Å². The van der Waals surface area contributed by atoms with E-state index in [0.29, 0.717) is 18.2 Å². The predicted octanol–water partition coefficient (Wildman–Crippen LogP) is 2.26. The third-order valence-electron chi connectivity index (χ3n) is 4.85. The molecule has 1 aliphatic carbocycles. The lowest BCUT2D eigenvalue weighted by molar-refractivity contribution is 0.000133. The number of piperazine rings is 1. The fourth-order valence-electron chi connectivity index (χ4n) is 3.50. The lowest BCUT2D eigenvalue weighted by Crippen LogP contribution is -2.60. The summed E-state index contributed by atoms with van der Waals surface area (Å²) in [7, 11) is 1.87. The summed E-state index contributed by atoms with van der Waals surface area (Å²) in [6.07, 6.45) is 5.65. The van der Waals surface area contributed by atoms with Crippen molar-refractivity contribution < 1.29 is 4.74 Å².